The first-order valence-electron chi connectivity index (χ1n) is 8.49. The number of thiazole rings is 1. The van der Waals surface area contributed by atoms with Crippen molar-refractivity contribution in [2.24, 2.45) is 0 Å². The molecule has 0 bridgehead atoms. The lowest BCUT2D eigenvalue weighted by Crippen LogP contribution is -2.33. The number of hydrogen-bond acceptors (Lipinski definition) is 4. The van der Waals surface area contributed by atoms with Gasteiger partial charge in [-0.15, -0.1) is 11.3 Å². The maximum Gasteiger partial charge on any atom is 0.261 e. The average molecular weight is 345 g/mol. The van der Waals surface area contributed by atoms with E-state index in [-0.39, 0.29) is 23.1 Å². The van der Waals surface area contributed by atoms with Crippen LogP contribution in [-0.2, 0) is 12.8 Å². The van der Waals surface area contributed by atoms with Crippen molar-refractivity contribution < 1.29 is 4.79 Å². The summed E-state index contributed by atoms with van der Waals surface area (Å²) in [5.74, 6) is -0.318. The van der Waals surface area contributed by atoms with Crippen molar-refractivity contribution in [2.75, 3.05) is 0 Å². The van der Waals surface area contributed by atoms with Crippen molar-refractivity contribution in [3.8, 4) is 0 Å². The highest BCUT2D eigenvalue weighted by Gasteiger charge is 2.21. The molecule has 5 nitrogen and oxygen atoms in total. The molecule has 1 atom stereocenters. The zero-order valence-electron chi connectivity index (χ0n) is 14.4. The van der Waals surface area contributed by atoms with E-state index in [4.69, 9.17) is 0 Å². The molecule has 0 saturated carbocycles. The van der Waals surface area contributed by atoms with Gasteiger partial charge in [0.1, 0.15) is 10.6 Å². The van der Waals surface area contributed by atoms with Crippen LogP contribution < -0.4 is 10.9 Å². The van der Waals surface area contributed by atoms with Crippen molar-refractivity contribution in [3.05, 3.63) is 48.8 Å². The molecule has 0 radical (unpaired) electrons. The smallest absolute Gasteiger partial charge is 0.261 e. The fourth-order valence-corrected chi connectivity index (χ4v) is 4.12. The number of nitrogens with zero attached hydrogens (tertiary/aromatic N) is 1. The van der Waals surface area contributed by atoms with E-state index in [1.807, 2.05) is 20.8 Å². The van der Waals surface area contributed by atoms with Crippen LogP contribution in [0, 0.1) is 13.8 Å². The van der Waals surface area contributed by atoms with E-state index in [0.29, 0.717) is 0 Å². The number of carbonyl (C=O) groups excluding carboxylic acids is 1. The Hall–Kier alpha value is -1.95. The Labute approximate surface area is 145 Å². The summed E-state index contributed by atoms with van der Waals surface area (Å²) < 4.78 is 0. The zero-order chi connectivity index (χ0) is 17.3. The Kier molecular flexibility index (Phi) is 4.85. The Morgan fingerprint density at radius 1 is 1.38 bits per heavy atom. The second-order valence-corrected chi connectivity index (χ2v) is 7.59. The van der Waals surface area contributed by atoms with Gasteiger partial charge in [0.2, 0.25) is 0 Å². The molecule has 0 unspecified atom stereocenters. The molecule has 24 heavy (non-hydrogen) atoms. The van der Waals surface area contributed by atoms with Gasteiger partial charge in [-0.25, -0.2) is 4.98 Å². The quantitative estimate of drug-likeness (QED) is 0.893. The summed E-state index contributed by atoms with van der Waals surface area (Å²) in [6, 6.07) is 1.61. The van der Waals surface area contributed by atoms with Crippen LogP contribution in [0.2, 0.25) is 0 Å². The monoisotopic (exact) mass is 345 g/mol. The number of nitrogens with one attached hydrogen (secondary N) is 2. The number of hydrogen-bond donors (Lipinski definition) is 2. The molecular formula is C18H23N3O2S. The van der Waals surface area contributed by atoms with Crippen LogP contribution in [0.25, 0.3) is 0 Å². The van der Waals surface area contributed by atoms with Crippen LogP contribution in [0.4, 0.5) is 0 Å². The fraction of sp³-hybridized carbons (Fsp3) is 0.500. The van der Waals surface area contributed by atoms with Gasteiger partial charge in [-0.1, -0.05) is 6.92 Å². The molecule has 1 amide bonds. The lowest BCUT2D eigenvalue weighted by Gasteiger charge is -2.17. The standard InChI is InChI=1S/C18H23N3O2S/c1-4-14(18-19-10(2)11(3)24-18)20-16(22)13-9-12-7-5-6-8-15(12)21-17(13)23/h9,14H,4-8H2,1-3H3,(H,20,22)(H,21,23)/t14-/m1/s1. The van der Waals surface area contributed by atoms with E-state index in [9.17, 15) is 9.59 Å². The van der Waals surface area contributed by atoms with Gasteiger partial charge in [0.15, 0.2) is 0 Å². The topological polar surface area (TPSA) is 74.8 Å². The maximum atomic E-state index is 12.6. The Bertz CT molecular complexity index is 803. The Balaban J connectivity index is 1.84. The number of carbonyl (C=O) groups is 1. The predicted octanol–water partition coefficient (Wildman–Crippen LogP) is 3.21. The van der Waals surface area contributed by atoms with Gasteiger partial charge in [-0.05, 0) is 57.6 Å². The molecule has 1 aliphatic carbocycles. The third-order valence-electron chi connectivity index (χ3n) is 4.64. The van der Waals surface area contributed by atoms with E-state index in [0.717, 1.165) is 58.9 Å². The molecule has 0 spiro atoms. The number of aryl methyl sites for hydroxylation is 4. The van der Waals surface area contributed by atoms with Crippen LogP contribution in [0.5, 0.6) is 0 Å². The number of pyridine rings is 1. The molecule has 128 valence electrons. The van der Waals surface area contributed by atoms with E-state index in [1.54, 1.807) is 17.4 Å². The number of H-pyrrole nitrogens is 1. The van der Waals surface area contributed by atoms with Crippen LogP contribution in [0.15, 0.2) is 10.9 Å². The highest BCUT2D eigenvalue weighted by atomic mass is 32.1. The Morgan fingerprint density at radius 2 is 2.12 bits per heavy atom. The summed E-state index contributed by atoms with van der Waals surface area (Å²) >= 11 is 1.60. The van der Waals surface area contributed by atoms with Crippen molar-refractivity contribution >= 4 is 17.2 Å². The minimum absolute atomic E-state index is 0.162. The van der Waals surface area contributed by atoms with Gasteiger partial charge < -0.3 is 10.3 Å². The summed E-state index contributed by atoms with van der Waals surface area (Å²) in [5, 5.41) is 3.87. The van der Waals surface area contributed by atoms with Gasteiger partial charge in [0.25, 0.3) is 11.5 Å². The molecular weight excluding hydrogens is 322 g/mol. The first-order chi connectivity index (χ1) is 11.5. The molecule has 2 heterocycles. The van der Waals surface area contributed by atoms with Crippen molar-refractivity contribution in [1.29, 1.82) is 0 Å². The van der Waals surface area contributed by atoms with Gasteiger partial charge in [-0.3, -0.25) is 9.59 Å². The molecule has 3 rings (SSSR count). The average Bonchev–Trinajstić information content (AvgIpc) is 2.90. The normalized spacial score (nSPS) is 15.0. The van der Waals surface area contributed by atoms with Gasteiger partial charge in [0.05, 0.1) is 11.7 Å². The molecule has 0 saturated heterocycles. The highest BCUT2D eigenvalue weighted by molar-refractivity contribution is 7.11. The summed E-state index contributed by atoms with van der Waals surface area (Å²) in [6.45, 7) is 6.01. The van der Waals surface area contributed by atoms with Gasteiger partial charge in [-0.2, -0.15) is 0 Å². The van der Waals surface area contributed by atoms with Crippen molar-refractivity contribution in [3.63, 3.8) is 0 Å². The number of rotatable bonds is 4. The largest absolute Gasteiger partial charge is 0.343 e. The number of fused-ring (bicyclic) bond motifs is 1. The Morgan fingerprint density at radius 3 is 2.79 bits per heavy atom. The molecule has 0 aliphatic heterocycles. The second-order valence-electron chi connectivity index (χ2n) is 6.35. The lowest BCUT2D eigenvalue weighted by molar-refractivity contribution is 0.0933. The maximum absolute atomic E-state index is 12.6. The highest BCUT2D eigenvalue weighted by Crippen LogP contribution is 2.25. The number of aromatic amines is 1. The van der Waals surface area contributed by atoms with Crippen molar-refractivity contribution in [2.45, 2.75) is 58.9 Å². The third kappa shape index (κ3) is 3.29. The first kappa shape index (κ1) is 16.9. The minimum Gasteiger partial charge on any atom is -0.343 e. The number of amides is 1. The van der Waals surface area contributed by atoms with Crippen molar-refractivity contribution in [1.82, 2.24) is 15.3 Å². The van der Waals surface area contributed by atoms with Gasteiger partial charge >= 0.3 is 0 Å². The molecule has 0 fully saturated rings. The summed E-state index contributed by atoms with van der Waals surface area (Å²) in [6.07, 6.45) is 4.75. The fourth-order valence-electron chi connectivity index (χ4n) is 3.06. The molecule has 1 aliphatic rings. The van der Waals surface area contributed by atoms with E-state index in [2.05, 4.69) is 15.3 Å². The third-order valence-corrected chi connectivity index (χ3v) is 5.83. The van der Waals surface area contributed by atoms with E-state index >= 15 is 0 Å². The summed E-state index contributed by atoms with van der Waals surface area (Å²) in [7, 11) is 0. The summed E-state index contributed by atoms with van der Waals surface area (Å²) in [4.78, 5) is 33.5. The van der Waals surface area contributed by atoms with E-state index < -0.39 is 0 Å². The van der Waals surface area contributed by atoms with Crippen LogP contribution in [0.1, 0.15) is 69.4 Å². The SMILES string of the molecule is CC[C@@H](NC(=O)c1cc2c([nH]c1=O)CCCC2)c1nc(C)c(C)s1. The van der Waals surface area contributed by atoms with Crippen LogP contribution in [-0.4, -0.2) is 15.9 Å². The van der Waals surface area contributed by atoms with Gasteiger partial charge in [0, 0.05) is 10.6 Å². The predicted molar refractivity (Wildman–Crippen MR) is 95.8 cm³/mol. The lowest BCUT2D eigenvalue weighted by atomic mass is 9.95. The summed E-state index contributed by atoms with van der Waals surface area (Å²) in [5.41, 5.74) is 2.99. The zero-order valence-corrected chi connectivity index (χ0v) is 15.2. The molecule has 6 heteroatoms. The molecule has 2 N–H and O–H groups in total. The molecule has 2 aromatic heterocycles. The minimum atomic E-state index is -0.318. The van der Waals surface area contributed by atoms with Crippen LogP contribution in [0.3, 0.4) is 0 Å². The molecule has 2 aromatic rings. The van der Waals surface area contributed by atoms with Crippen LogP contribution >= 0.6 is 11.3 Å². The number of aromatic nitrogens is 2. The second kappa shape index (κ2) is 6.89. The first-order valence-corrected chi connectivity index (χ1v) is 9.31. The molecule has 0 aromatic carbocycles. The van der Waals surface area contributed by atoms with E-state index in [1.165, 1.54) is 0 Å².